The quantitative estimate of drug-likeness (QED) is 0.282. The van der Waals surface area contributed by atoms with Gasteiger partial charge in [-0.25, -0.2) is 24.4 Å². The molecule has 1 aliphatic heterocycles. The van der Waals surface area contributed by atoms with Crippen molar-refractivity contribution < 1.29 is 18.8 Å². The molecule has 0 spiro atoms. The van der Waals surface area contributed by atoms with Crippen molar-refractivity contribution in [3.8, 4) is 11.1 Å². The zero-order valence-corrected chi connectivity index (χ0v) is 23.5. The van der Waals surface area contributed by atoms with E-state index in [1.54, 1.807) is 74.6 Å². The maximum absolute atomic E-state index is 14.2. The molecule has 0 saturated carbocycles. The number of carbonyl (C=O) groups excluding carboxylic acids is 3. The summed E-state index contributed by atoms with van der Waals surface area (Å²) in [6.45, 7) is 0. The maximum Gasteiger partial charge on any atom is 0.331 e. The summed E-state index contributed by atoms with van der Waals surface area (Å²) >= 11 is 1.67. The van der Waals surface area contributed by atoms with Crippen LogP contribution in [-0.2, 0) is 5.75 Å². The summed E-state index contributed by atoms with van der Waals surface area (Å²) in [6.07, 6.45) is 6.83. The molecule has 4 amide bonds. The van der Waals surface area contributed by atoms with Gasteiger partial charge in [0.1, 0.15) is 11.2 Å². The normalized spacial score (nSPS) is 14.0. The molecule has 0 bridgehead atoms. The van der Waals surface area contributed by atoms with Crippen LogP contribution >= 0.6 is 11.8 Å². The molecule has 1 atom stereocenters. The second-order valence-corrected chi connectivity index (χ2v) is 11.0. The maximum atomic E-state index is 14.2. The number of rotatable bonds is 4. The summed E-state index contributed by atoms with van der Waals surface area (Å²) in [4.78, 5) is 45.1. The summed E-state index contributed by atoms with van der Waals surface area (Å²) < 4.78 is 17.0. The van der Waals surface area contributed by atoms with Gasteiger partial charge in [-0.15, -0.1) is 11.8 Å². The van der Waals surface area contributed by atoms with Crippen LogP contribution in [0.4, 0.5) is 19.7 Å². The van der Waals surface area contributed by atoms with E-state index in [0.29, 0.717) is 22.3 Å². The van der Waals surface area contributed by atoms with Crippen molar-refractivity contribution in [3.63, 3.8) is 0 Å². The Balaban J connectivity index is 1.45. The number of hydrazine groups is 1. The SMILES string of the molecule is CN(C)C(=O)n1cc(C(=O)N(NC(N)=O)c2ccn3c2CSC3c2cccnc2)c2ccc(-c3ccc(F)cc3)cc21. The highest BCUT2D eigenvalue weighted by molar-refractivity contribution is 7.99. The third kappa shape index (κ3) is 4.75. The number of thioether (sulfide) groups is 1. The van der Waals surface area contributed by atoms with Crippen LogP contribution in [0.15, 0.2) is 85.5 Å². The van der Waals surface area contributed by atoms with Crippen molar-refractivity contribution in [2.45, 2.75) is 11.1 Å². The summed E-state index contributed by atoms with van der Waals surface area (Å²) in [5, 5.41) is 1.58. The molecule has 1 aliphatic rings. The molecule has 0 saturated heterocycles. The third-order valence-electron chi connectivity index (χ3n) is 7.07. The van der Waals surface area contributed by atoms with Crippen LogP contribution in [0.1, 0.15) is 27.0 Å². The number of aromatic nitrogens is 3. The van der Waals surface area contributed by atoms with E-state index in [9.17, 15) is 18.8 Å². The number of halogens is 1. The molecule has 10 nitrogen and oxygen atoms in total. The van der Waals surface area contributed by atoms with Crippen LogP contribution in [0.5, 0.6) is 0 Å². The number of hydrogen-bond donors (Lipinski definition) is 2. The molecule has 42 heavy (non-hydrogen) atoms. The fraction of sp³-hybridized carbons (Fsp3) is 0.133. The Labute approximate surface area is 244 Å². The van der Waals surface area contributed by atoms with Gasteiger partial charge in [-0.3, -0.25) is 14.3 Å². The Bertz CT molecular complexity index is 1830. The highest BCUT2D eigenvalue weighted by Crippen LogP contribution is 2.44. The Morgan fingerprint density at radius 2 is 1.83 bits per heavy atom. The number of benzene rings is 2. The summed E-state index contributed by atoms with van der Waals surface area (Å²) in [6, 6.07) is 15.7. The van der Waals surface area contributed by atoms with Crippen molar-refractivity contribution >= 4 is 46.3 Å². The van der Waals surface area contributed by atoms with E-state index in [0.717, 1.165) is 27.4 Å². The Morgan fingerprint density at radius 3 is 2.52 bits per heavy atom. The van der Waals surface area contributed by atoms with Crippen molar-refractivity contribution in [1.82, 2.24) is 24.4 Å². The number of urea groups is 1. The number of primary amides is 1. The fourth-order valence-corrected chi connectivity index (χ4v) is 6.40. The molecule has 4 heterocycles. The van der Waals surface area contributed by atoms with Gasteiger partial charge in [-0.2, -0.15) is 0 Å². The first-order valence-corrected chi connectivity index (χ1v) is 14.0. The number of amides is 4. The Kier molecular flexibility index (Phi) is 6.91. The van der Waals surface area contributed by atoms with Gasteiger partial charge in [-0.05, 0) is 41.5 Å². The van der Waals surface area contributed by atoms with Gasteiger partial charge in [0.25, 0.3) is 5.91 Å². The van der Waals surface area contributed by atoms with Crippen molar-refractivity contribution in [1.29, 1.82) is 0 Å². The number of hydrogen-bond acceptors (Lipinski definition) is 5. The molecule has 212 valence electrons. The minimum absolute atomic E-state index is 0.0440. The zero-order valence-electron chi connectivity index (χ0n) is 22.7. The van der Waals surface area contributed by atoms with Gasteiger partial charge in [0.2, 0.25) is 0 Å². The number of nitrogens with two attached hydrogens (primary N) is 1. The van der Waals surface area contributed by atoms with E-state index in [1.807, 2.05) is 22.9 Å². The molecule has 3 N–H and O–H groups in total. The Morgan fingerprint density at radius 1 is 1.07 bits per heavy atom. The molecule has 5 aromatic rings. The van der Waals surface area contributed by atoms with Crippen LogP contribution < -0.4 is 16.2 Å². The van der Waals surface area contributed by atoms with Crippen LogP contribution in [0, 0.1) is 5.82 Å². The highest BCUT2D eigenvalue weighted by Gasteiger charge is 2.32. The van der Waals surface area contributed by atoms with Gasteiger partial charge in [-0.1, -0.05) is 30.3 Å². The van der Waals surface area contributed by atoms with E-state index in [-0.39, 0.29) is 22.8 Å². The van der Waals surface area contributed by atoms with Crippen LogP contribution in [0.25, 0.3) is 22.0 Å². The molecule has 2 aromatic carbocycles. The number of carbonyl (C=O) groups is 3. The monoisotopic (exact) mass is 583 g/mol. The predicted molar refractivity (Wildman–Crippen MR) is 159 cm³/mol. The highest BCUT2D eigenvalue weighted by atomic mass is 32.2. The number of anilines is 1. The third-order valence-corrected chi connectivity index (χ3v) is 8.32. The molecule has 0 aliphatic carbocycles. The lowest BCUT2D eigenvalue weighted by atomic mass is 10.0. The molecule has 3 aromatic heterocycles. The smallest absolute Gasteiger partial charge is 0.331 e. The topological polar surface area (TPSA) is 118 Å². The van der Waals surface area contributed by atoms with Crippen LogP contribution in [-0.4, -0.2) is 51.1 Å². The molecule has 0 fully saturated rings. The minimum Gasteiger partial charge on any atom is -0.350 e. The molecule has 12 heteroatoms. The average molecular weight is 584 g/mol. The lowest BCUT2D eigenvalue weighted by Gasteiger charge is -2.22. The van der Waals surface area contributed by atoms with Crippen molar-refractivity contribution in [3.05, 3.63) is 108 Å². The molecular weight excluding hydrogens is 557 g/mol. The summed E-state index contributed by atoms with van der Waals surface area (Å²) in [5.74, 6) is -0.348. The largest absolute Gasteiger partial charge is 0.350 e. The van der Waals surface area contributed by atoms with Gasteiger partial charge in [0, 0.05) is 55.6 Å². The van der Waals surface area contributed by atoms with Crippen LogP contribution in [0.3, 0.4) is 0 Å². The molecule has 6 rings (SSSR count). The molecule has 0 radical (unpaired) electrons. The van der Waals surface area contributed by atoms with E-state index in [2.05, 4.69) is 10.4 Å². The number of fused-ring (bicyclic) bond motifs is 2. The molecule has 1 unspecified atom stereocenters. The van der Waals surface area contributed by atoms with E-state index < -0.39 is 11.9 Å². The average Bonchev–Trinajstić information content (AvgIpc) is 3.69. The van der Waals surface area contributed by atoms with E-state index in [4.69, 9.17) is 5.73 Å². The van der Waals surface area contributed by atoms with Gasteiger partial charge >= 0.3 is 12.1 Å². The lowest BCUT2D eigenvalue weighted by Crippen LogP contribution is -2.49. The number of pyridine rings is 1. The second-order valence-electron chi connectivity index (χ2n) is 9.95. The molecular formula is C30H26FN7O3S. The van der Waals surface area contributed by atoms with Gasteiger partial charge in [0.05, 0.1) is 22.5 Å². The fourth-order valence-electron chi connectivity index (χ4n) is 5.10. The Hall–Kier alpha value is -5.10. The van der Waals surface area contributed by atoms with Gasteiger partial charge < -0.3 is 15.2 Å². The first-order valence-electron chi connectivity index (χ1n) is 13.0. The standard InChI is InChI=1S/C30H26FN7O3S/c1-35(2)30(41)37-16-23(22-10-7-19(14-25(22)37)18-5-8-21(31)9-6-18)27(39)38(34-29(32)40)24-11-13-36-26(24)17-42-28(36)20-4-3-12-33-15-20/h3-16,28H,17H2,1-2H3,(H3,32,34,40). The van der Waals surface area contributed by atoms with E-state index in [1.165, 1.54) is 27.8 Å². The van der Waals surface area contributed by atoms with E-state index >= 15 is 0 Å². The zero-order chi connectivity index (χ0) is 29.5. The van der Waals surface area contributed by atoms with Gasteiger partial charge in [0.15, 0.2) is 0 Å². The van der Waals surface area contributed by atoms with Crippen molar-refractivity contribution in [2.24, 2.45) is 5.73 Å². The second kappa shape index (κ2) is 10.7. The predicted octanol–water partition coefficient (Wildman–Crippen LogP) is 5.20. The number of nitrogens with zero attached hydrogens (tertiary/aromatic N) is 5. The first-order chi connectivity index (χ1) is 20.2. The van der Waals surface area contributed by atoms with Crippen molar-refractivity contribution in [2.75, 3.05) is 19.1 Å². The lowest BCUT2D eigenvalue weighted by molar-refractivity contribution is 0.0977. The summed E-state index contributed by atoms with van der Waals surface area (Å²) in [5.41, 5.74) is 12.5. The number of nitrogens with one attached hydrogen (secondary N) is 1. The minimum atomic E-state index is -0.913. The van der Waals surface area contributed by atoms with Crippen LogP contribution in [0.2, 0.25) is 0 Å². The summed E-state index contributed by atoms with van der Waals surface area (Å²) in [7, 11) is 3.22. The first kappa shape index (κ1) is 27.1.